The molecular weight excluding hydrogens is 507 g/mol. The van der Waals surface area contributed by atoms with Crippen LogP contribution in [-0.2, 0) is 13.1 Å². The maximum absolute atomic E-state index is 13.4. The van der Waals surface area contributed by atoms with E-state index in [2.05, 4.69) is 108 Å². The van der Waals surface area contributed by atoms with Gasteiger partial charge in [0.25, 0.3) is 10.6 Å². The monoisotopic (exact) mass is 536 g/mol. The zero-order valence-electron chi connectivity index (χ0n) is 21.8. The summed E-state index contributed by atoms with van der Waals surface area (Å²) in [5.41, 5.74) is 4.84. The van der Waals surface area contributed by atoms with Gasteiger partial charge in [-0.1, -0.05) is 59.9 Å². The molecule has 2 aromatic heterocycles. The largest absolute Gasteiger partial charge is 0.348 e. The second-order valence-corrected chi connectivity index (χ2v) is 11.3. The molecule has 38 heavy (non-hydrogen) atoms. The number of aromatic nitrogens is 2. The molecule has 0 saturated carbocycles. The van der Waals surface area contributed by atoms with Crippen LogP contribution in [0.3, 0.4) is 0 Å². The van der Waals surface area contributed by atoms with Gasteiger partial charge in [0.15, 0.2) is 0 Å². The highest BCUT2D eigenvalue weighted by Gasteiger charge is 2.20. The summed E-state index contributed by atoms with van der Waals surface area (Å²) < 4.78 is 7.27. The Morgan fingerprint density at radius 1 is 0.895 bits per heavy atom. The molecule has 0 fully saturated rings. The Kier molecular flexibility index (Phi) is 6.60. The second kappa shape index (κ2) is 10.2. The lowest BCUT2D eigenvalue weighted by molar-refractivity contribution is -0.664. The van der Waals surface area contributed by atoms with Crippen LogP contribution in [0.15, 0.2) is 83.8 Å². The number of thiazole rings is 2. The Bertz CT molecular complexity index is 1920. The molecule has 0 aliphatic carbocycles. The van der Waals surface area contributed by atoms with Crippen molar-refractivity contribution < 1.29 is 4.57 Å². The number of aryl methyl sites for hydroxylation is 1. The van der Waals surface area contributed by atoms with E-state index in [9.17, 15) is 4.79 Å². The molecule has 3 aromatic carbocycles. The first-order chi connectivity index (χ1) is 18.6. The van der Waals surface area contributed by atoms with E-state index in [0.717, 1.165) is 32.9 Å². The molecule has 0 saturated heterocycles. The van der Waals surface area contributed by atoms with E-state index in [1.165, 1.54) is 32.2 Å². The quantitative estimate of drug-likeness (QED) is 0.272. The number of para-hydroxylation sites is 1. The summed E-state index contributed by atoms with van der Waals surface area (Å²) >= 11 is 3.35. The van der Waals surface area contributed by atoms with E-state index in [0.29, 0.717) is 6.54 Å². The van der Waals surface area contributed by atoms with Gasteiger partial charge in [0.05, 0.1) is 16.0 Å². The fraction of sp³-hybridized carbons (Fsp3) is 0.188. The Labute approximate surface area is 230 Å². The van der Waals surface area contributed by atoms with Crippen molar-refractivity contribution in [1.29, 1.82) is 0 Å². The summed E-state index contributed by atoms with van der Waals surface area (Å²) in [7, 11) is 0. The van der Waals surface area contributed by atoms with Gasteiger partial charge in [0.1, 0.15) is 15.9 Å². The number of hydrogen-bond acceptors (Lipinski definition) is 4. The molecule has 0 unspecified atom stereocenters. The van der Waals surface area contributed by atoms with Gasteiger partial charge >= 0.3 is 0 Å². The molecule has 4 nitrogen and oxygen atoms in total. The van der Waals surface area contributed by atoms with Crippen molar-refractivity contribution in [3.05, 3.63) is 109 Å². The molecule has 0 spiro atoms. The predicted molar refractivity (Wildman–Crippen MR) is 163 cm³/mol. The van der Waals surface area contributed by atoms with Gasteiger partial charge in [0.2, 0.25) is 5.52 Å². The van der Waals surface area contributed by atoms with Crippen molar-refractivity contribution in [3.8, 4) is 0 Å². The van der Waals surface area contributed by atoms with Crippen molar-refractivity contribution in [1.82, 2.24) is 4.57 Å². The van der Waals surface area contributed by atoms with Crippen LogP contribution in [-0.4, -0.2) is 11.1 Å². The van der Waals surface area contributed by atoms with Gasteiger partial charge in [-0.3, -0.25) is 9.36 Å². The van der Waals surface area contributed by atoms with E-state index in [1.54, 1.807) is 22.7 Å². The van der Waals surface area contributed by atoms with E-state index < -0.39 is 0 Å². The summed E-state index contributed by atoms with van der Waals surface area (Å²) in [5, 5.41) is 3.68. The molecule has 0 radical (unpaired) electrons. The van der Waals surface area contributed by atoms with Crippen LogP contribution in [0.4, 0.5) is 5.69 Å². The van der Waals surface area contributed by atoms with Gasteiger partial charge < -0.3 is 4.90 Å². The SMILES string of the molecule is CCN1C=CC(=CC=c2sc(=Cc3sc4ccc5ccccc5c4[n+]3CC)n(CC)c2=O)c2ccccc21. The van der Waals surface area contributed by atoms with Crippen LogP contribution in [0.2, 0.25) is 0 Å². The maximum Gasteiger partial charge on any atom is 0.269 e. The Hall–Kier alpha value is -3.74. The van der Waals surface area contributed by atoms with E-state index in [1.807, 2.05) is 17.6 Å². The fourth-order valence-electron chi connectivity index (χ4n) is 5.25. The first-order valence-corrected chi connectivity index (χ1v) is 14.8. The molecule has 190 valence electrons. The average molecular weight is 537 g/mol. The maximum atomic E-state index is 13.4. The van der Waals surface area contributed by atoms with E-state index in [-0.39, 0.29) is 5.56 Å². The summed E-state index contributed by atoms with van der Waals surface area (Å²) in [5.74, 6) is 0. The normalized spacial score (nSPS) is 15.3. The number of rotatable bonds is 5. The molecule has 6 heteroatoms. The number of allylic oxidation sites excluding steroid dienone is 3. The lowest BCUT2D eigenvalue weighted by atomic mass is 9.99. The first-order valence-electron chi connectivity index (χ1n) is 13.1. The van der Waals surface area contributed by atoms with Gasteiger partial charge in [0, 0.05) is 30.5 Å². The van der Waals surface area contributed by atoms with Crippen molar-refractivity contribution in [2.24, 2.45) is 0 Å². The molecule has 1 aliphatic heterocycles. The van der Waals surface area contributed by atoms with Crippen molar-refractivity contribution in [3.63, 3.8) is 0 Å². The van der Waals surface area contributed by atoms with Crippen molar-refractivity contribution in [2.75, 3.05) is 11.4 Å². The van der Waals surface area contributed by atoms with Gasteiger partial charge in [-0.05, 0) is 62.1 Å². The highest BCUT2D eigenvalue weighted by atomic mass is 32.1. The highest BCUT2D eigenvalue weighted by molar-refractivity contribution is 7.19. The molecule has 6 rings (SSSR count). The molecule has 0 atom stereocenters. The van der Waals surface area contributed by atoms with Gasteiger partial charge in [-0.2, -0.15) is 4.57 Å². The summed E-state index contributed by atoms with van der Waals surface area (Å²) in [6.07, 6.45) is 10.5. The molecular formula is C32H30N3OS2+. The summed E-state index contributed by atoms with van der Waals surface area (Å²) in [6, 6.07) is 21.4. The van der Waals surface area contributed by atoms with Crippen LogP contribution in [0.5, 0.6) is 0 Å². The minimum absolute atomic E-state index is 0.0680. The Morgan fingerprint density at radius 2 is 1.71 bits per heavy atom. The third-order valence-corrected chi connectivity index (χ3v) is 9.32. The lowest BCUT2D eigenvalue weighted by Gasteiger charge is -2.26. The van der Waals surface area contributed by atoms with E-state index >= 15 is 0 Å². The average Bonchev–Trinajstić information content (AvgIpc) is 3.47. The molecule has 5 aromatic rings. The minimum Gasteiger partial charge on any atom is -0.348 e. The number of nitrogens with zero attached hydrogens (tertiary/aromatic N) is 3. The fourth-order valence-corrected chi connectivity index (χ4v) is 7.56. The van der Waals surface area contributed by atoms with Crippen LogP contribution in [0.1, 0.15) is 31.3 Å². The van der Waals surface area contributed by atoms with E-state index in [4.69, 9.17) is 0 Å². The Balaban J connectivity index is 1.50. The summed E-state index contributed by atoms with van der Waals surface area (Å²) in [4.78, 5) is 15.6. The van der Waals surface area contributed by atoms with Crippen LogP contribution >= 0.6 is 22.7 Å². The number of anilines is 1. The second-order valence-electron chi connectivity index (χ2n) is 9.22. The van der Waals surface area contributed by atoms with Crippen LogP contribution in [0, 0.1) is 0 Å². The topological polar surface area (TPSA) is 29.1 Å². The third kappa shape index (κ3) is 4.14. The number of fused-ring (bicyclic) bond motifs is 4. The van der Waals surface area contributed by atoms with Gasteiger partial charge in [-0.25, -0.2) is 0 Å². The first kappa shape index (κ1) is 24.6. The lowest BCUT2D eigenvalue weighted by Crippen LogP contribution is -2.35. The smallest absolute Gasteiger partial charge is 0.269 e. The zero-order valence-corrected chi connectivity index (χ0v) is 23.5. The van der Waals surface area contributed by atoms with Crippen LogP contribution < -0.4 is 24.2 Å². The standard InChI is InChI=1S/C32H30N3OS2/c1-4-33-20-19-23(24-12-9-10-14-26(24)33)16-18-28-32(36)35(6-3)30(38-28)21-29-34(5-2)31-25-13-8-7-11-22(25)15-17-27(31)37-29/h7-21H,4-6H2,1-3H3/q+1. The number of hydrogen-bond donors (Lipinski definition) is 0. The molecule has 0 N–H and O–H groups in total. The number of benzene rings is 3. The van der Waals surface area contributed by atoms with Gasteiger partial charge in [-0.15, -0.1) is 11.3 Å². The molecule has 0 amide bonds. The van der Waals surface area contributed by atoms with Crippen molar-refractivity contribution >= 4 is 67.1 Å². The van der Waals surface area contributed by atoms with Crippen molar-refractivity contribution in [2.45, 2.75) is 33.9 Å². The minimum atomic E-state index is 0.0680. The Morgan fingerprint density at radius 3 is 2.53 bits per heavy atom. The zero-order chi connectivity index (χ0) is 26.2. The summed E-state index contributed by atoms with van der Waals surface area (Å²) in [6.45, 7) is 8.81. The highest BCUT2D eigenvalue weighted by Crippen LogP contribution is 2.32. The predicted octanol–water partition coefficient (Wildman–Crippen LogP) is 5.65. The third-order valence-electron chi connectivity index (χ3n) is 7.14. The molecule has 1 aliphatic rings. The molecule has 0 bridgehead atoms. The molecule has 3 heterocycles. The van der Waals surface area contributed by atoms with Crippen LogP contribution in [0.25, 0.3) is 38.7 Å².